The summed E-state index contributed by atoms with van der Waals surface area (Å²) in [6.45, 7) is 7.63. The number of aryl methyl sites for hydroxylation is 1. The van der Waals surface area contributed by atoms with Gasteiger partial charge in [0.2, 0.25) is 0 Å². The van der Waals surface area contributed by atoms with E-state index in [2.05, 4.69) is 28.9 Å². The summed E-state index contributed by atoms with van der Waals surface area (Å²) in [6, 6.07) is 6.03. The molecule has 0 aromatic heterocycles. The number of ether oxygens (including phenoxy) is 1. The van der Waals surface area contributed by atoms with Gasteiger partial charge in [0, 0.05) is 11.4 Å². The summed E-state index contributed by atoms with van der Waals surface area (Å²) < 4.78 is 5.23. The molecular formula is C15H19BrO2. The predicted molar refractivity (Wildman–Crippen MR) is 78.7 cm³/mol. The van der Waals surface area contributed by atoms with E-state index in [-0.39, 0.29) is 5.97 Å². The molecule has 0 saturated carbocycles. The van der Waals surface area contributed by atoms with Crippen LogP contribution < -0.4 is 0 Å². The summed E-state index contributed by atoms with van der Waals surface area (Å²) in [5.41, 5.74) is 2.99. The molecule has 0 aliphatic carbocycles. The molecule has 0 atom stereocenters. The summed E-state index contributed by atoms with van der Waals surface area (Å²) in [5, 5.41) is 0.771. The van der Waals surface area contributed by atoms with Crippen molar-refractivity contribution in [3.8, 4) is 0 Å². The molecule has 0 radical (unpaired) electrons. The standard InChI is InChI=1S/C15H19BrO2/c1-11-6-5-7-12(13(11)10-16)8-9-14(17)18-15(2,3)4/h5-9H,10H2,1-4H3. The second kappa shape index (κ2) is 6.19. The van der Waals surface area contributed by atoms with Crippen molar-refractivity contribution in [3.05, 3.63) is 41.0 Å². The molecule has 1 aromatic carbocycles. The van der Waals surface area contributed by atoms with E-state index in [1.54, 1.807) is 6.08 Å². The van der Waals surface area contributed by atoms with E-state index in [0.717, 1.165) is 10.9 Å². The maximum absolute atomic E-state index is 11.6. The molecule has 0 saturated heterocycles. The molecule has 0 N–H and O–H groups in total. The minimum absolute atomic E-state index is 0.315. The highest BCUT2D eigenvalue weighted by atomic mass is 79.9. The molecule has 0 aliphatic heterocycles. The van der Waals surface area contributed by atoms with Crippen molar-refractivity contribution in [2.24, 2.45) is 0 Å². The summed E-state index contributed by atoms with van der Waals surface area (Å²) >= 11 is 3.46. The minimum Gasteiger partial charge on any atom is -0.457 e. The third-order valence-corrected chi connectivity index (χ3v) is 2.95. The van der Waals surface area contributed by atoms with Gasteiger partial charge in [-0.15, -0.1) is 0 Å². The normalized spacial score (nSPS) is 11.8. The molecule has 18 heavy (non-hydrogen) atoms. The van der Waals surface area contributed by atoms with Crippen LogP contribution in [0.2, 0.25) is 0 Å². The van der Waals surface area contributed by atoms with E-state index in [9.17, 15) is 4.79 Å². The second-order valence-electron chi connectivity index (χ2n) is 5.14. The Morgan fingerprint density at radius 3 is 2.61 bits per heavy atom. The van der Waals surface area contributed by atoms with Gasteiger partial charge in [-0.1, -0.05) is 34.1 Å². The van der Waals surface area contributed by atoms with Gasteiger partial charge in [-0.05, 0) is 50.5 Å². The molecule has 0 amide bonds. The Morgan fingerprint density at radius 2 is 2.06 bits per heavy atom. The lowest BCUT2D eigenvalue weighted by Crippen LogP contribution is -2.22. The van der Waals surface area contributed by atoms with Crippen molar-refractivity contribution < 1.29 is 9.53 Å². The van der Waals surface area contributed by atoms with Crippen LogP contribution in [0.25, 0.3) is 6.08 Å². The first-order valence-corrected chi connectivity index (χ1v) is 7.01. The van der Waals surface area contributed by atoms with Crippen LogP contribution in [0.3, 0.4) is 0 Å². The van der Waals surface area contributed by atoms with Crippen LogP contribution in [0, 0.1) is 6.92 Å². The van der Waals surface area contributed by atoms with Gasteiger partial charge < -0.3 is 4.74 Å². The van der Waals surface area contributed by atoms with E-state index in [4.69, 9.17) is 4.74 Å². The lowest BCUT2D eigenvalue weighted by molar-refractivity contribution is -0.148. The van der Waals surface area contributed by atoms with Gasteiger partial charge in [0.25, 0.3) is 0 Å². The maximum Gasteiger partial charge on any atom is 0.331 e. The number of carbonyl (C=O) groups excluding carboxylic acids is 1. The predicted octanol–water partition coefficient (Wildman–Crippen LogP) is 4.24. The summed E-state index contributed by atoms with van der Waals surface area (Å²) in [5.74, 6) is -0.315. The Hall–Kier alpha value is -1.09. The van der Waals surface area contributed by atoms with Crippen molar-refractivity contribution in [1.29, 1.82) is 0 Å². The van der Waals surface area contributed by atoms with Crippen LogP contribution in [0.4, 0.5) is 0 Å². The van der Waals surface area contributed by atoms with Crippen molar-refractivity contribution >= 4 is 28.0 Å². The van der Waals surface area contributed by atoms with Crippen molar-refractivity contribution in [3.63, 3.8) is 0 Å². The highest BCUT2D eigenvalue weighted by Crippen LogP contribution is 2.19. The minimum atomic E-state index is -0.452. The zero-order valence-electron chi connectivity index (χ0n) is 11.3. The molecular weight excluding hydrogens is 292 g/mol. The molecule has 0 fully saturated rings. The van der Waals surface area contributed by atoms with Gasteiger partial charge in [-0.25, -0.2) is 4.79 Å². The van der Waals surface area contributed by atoms with Crippen LogP contribution in [0.15, 0.2) is 24.3 Å². The Balaban J connectivity index is 2.85. The Labute approximate surface area is 117 Å². The quantitative estimate of drug-likeness (QED) is 0.474. The molecule has 2 nitrogen and oxygen atoms in total. The fourth-order valence-corrected chi connectivity index (χ4v) is 2.32. The average Bonchev–Trinajstić information content (AvgIpc) is 2.24. The number of hydrogen-bond acceptors (Lipinski definition) is 2. The number of carbonyl (C=O) groups is 1. The number of alkyl halides is 1. The van der Waals surface area contributed by atoms with Gasteiger partial charge in [0.1, 0.15) is 5.60 Å². The van der Waals surface area contributed by atoms with Crippen LogP contribution in [-0.4, -0.2) is 11.6 Å². The third kappa shape index (κ3) is 4.65. The number of hydrogen-bond donors (Lipinski definition) is 0. The first-order chi connectivity index (χ1) is 8.33. The topological polar surface area (TPSA) is 26.3 Å². The lowest BCUT2D eigenvalue weighted by atomic mass is 10.0. The van der Waals surface area contributed by atoms with Crippen LogP contribution in [0.5, 0.6) is 0 Å². The third-order valence-electron chi connectivity index (χ3n) is 2.39. The van der Waals surface area contributed by atoms with Crippen LogP contribution in [-0.2, 0) is 14.9 Å². The fraction of sp³-hybridized carbons (Fsp3) is 0.400. The average molecular weight is 311 g/mol. The number of rotatable bonds is 3. The first kappa shape index (κ1) is 15.0. The molecule has 0 spiro atoms. The van der Waals surface area contributed by atoms with Gasteiger partial charge in [-0.3, -0.25) is 0 Å². The zero-order valence-corrected chi connectivity index (χ0v) is 12.9. The fourth-order valence-electron chi connectivity index (χ4n) is 1.56. The molecule has 3 heteroatoms. The van der Waals surface area contributed by atoms with E-state index < -0.39 is 5.60 Å². The Bertz CT molecular complexity index is 456. The van der Waals surface area contributed by atoms with E-state index in [0.29, 0.717) is 0 Å². The van der Waals surface area contributed by atoms with Gasteiger partial charge in [0.15, 0.2) is 0 Å². The molecule has 0 unspecified atom stereocenters. The SMILES string of the molecule is Cc1cccc(C=CC(=O)OC(C)(C)C)c1CBr. The molecule has 98 valence electrons. The molecule has 0 aliphatic rings. The highest BCUT2D eigenvalue weighted by molar-refractivity contribution is 9.08. The molecule has 0 heterocycles. The Morgan fingerprint density at radius 1 is 1.39 bits per heavy atom. The van der Waals surface area contributed by atoms with Gasteiger partial charge in [0.05, 0.1) is 0 Å². The van der Waals surface area contributed by atoms with E-state index in [1.165, 1.54) is 17.2 Å². The Kier molecular flexibility index (Phi) is 5.15. The second-order valence-corrected chi connectivity index (χ2v) is 5.70. The summed E-state index contributed by atoms with van der Waals surface area (Å²) in [4.78, 5) is 11.6. The zero-order chi connectivity index (χ0) is 13.8. The molecule has 0 bridgehead atoms. The van der Waals surface area contributed by atoms with Crippen LogP contribution in [0.1, 0.15) is 37.5 Å². The summed E-state index contributed by atoms with van der Waals surface area (Å²) in [6.07, 6.45) is 3.28. The smallest absolute Gasteiger partial charge is 0.331 e. The molecule has 1 rings (SSSR count). The van der Waals surface area contributed by atoms with Crippen molar-refractivity contribution in [1.82, 2.24) is 0 Å². The van der Waals surface area contributed by atoms with Gasteiger partial charge in [-0.2, -0.15) is 0 Å². The lowest BCUT2D eigenvalue weighted by Gasteiger charge is -2.18. The largest absolute Gasteiger partial charge is 0.457 e. The van der Waals surface area contributed by atoms with Gasteiger partial charge >= 0.3 is 5.97 Å². The van der Waals surface area contributed by atoms with E-state index in [1.807, 2.05) is 32.9 Å². The first-order valence-electron chi connectivity index (χ1n) is 5.89. The monoisotopic (exact) mass is 310 g/mol. The number of benzene rings is 1. The number of halogens is 1. The maximum atomic E-state index is 11.6. The van der Waals surface area contributed by atoms with Crippen molar-refractivity contribution in [2.45, 2.75) is 38.6 Å². The molecule has 1 aromatic rings. The number of esters is 1. The summed E-state index contributed by atoms with van der Waals surface area (Å²) in [7, 11) is 0. The van der Waals surface area contributed by atoms with Crippen LogP contribution >= 0.6 is 15.9 Å². The highest BCUT2D eigenvalue weighted by Gasteiger charge is 2.14. The van der Waals surface area contributed by atoms with Crippen molar-refractivity contribution in [2.75, 3.05) is 0 Å². The van der Waals surface area contributed by atoms with E-state index >= 15 is 0 Å².